The van der Waals surface area contributed by atoms with E-state index in [0.717, 1.165) is 10.8 Å². The van der Waals surface area contributed by atoms with Crippen LogP contribution in [0.25, 0.3) is 10.8 Å². The number of carbonyl (C=O) groups is 1. The molecule has 0 aliphatic rings. The van der Waals surface area contributed by atoms with Crippen molar-refractivity contribution in [3.63, 3.8) is 0 Å². The number of aromatic nitrogens is 1. The summed E-state index contributed by atoms with van der Waals surface area (Å²) in [6.07, 6.45) is 6.65. The number of rotatable bonds is 8. The van der Waals surface area contributed by atoms with E-state index in [1.165, 1.54) is 0 Å². The Kier molecular flexibility index (Phi) is 8.16. The lowest BCUT2D eigenvalue weighted by molar-refractivity contribution is -0.153. The Morgan fingerprint density at radius 1 is 1.09 bits per heavy atom. The fourth-order valence-electron chi connectivity index (χ4n) is 3.27. The molecule has 2 atom stereocenters. The number of hydrogen-bond acceptors (Lipinski definition) is 4. The highest BCUT2D eigenvalue weighted by atomic mass is 35.5. The van der Waals surface area contributed by atoms with Gasteiger partial charge in [0, 0.05) is 11.5 Å². The number of fused-ring (bicyclic) bond motifs is 1. The summed E-state index contributed by atoms with van der Waals surface area (Å²) in [5.74, 6) is 2.67. The van der Waals surface area contributed by atoms with E-state index >= 15 is 0 Å². The van der Waals surface area contributed by atoms with Gasteiger partial charge < -0.3 is 9.47 Å². The largest absolute Gasteiger partial charge is 0.442 e. The molecule has 2 unspecified atom stereocenters. The van der Waals surface area contributed by atoms with Crippen LogP contribution in [0.5, 0.6) is 11.6 Å². The zero-order valence-corrected chi connectivity index (χ0v) is 19.3. The molecule has 6 heteroatoms. The molecule has 2 aromatic carbocycles. The van der Waals surface area contributed by atoms with Crippen molar-refractivity contribution < 1.29 is 14.3 Å². The molecular weight excluding hydrogens is 445 g/mol. The highest BCUT2D eigenvalue weighted by molar-refractivity contribution is 6.55. The molecule has 3 aromatic rings. The van der Waals surface area contributed by atoms with Crippen molar-refractivity contribution in [2.75, 3.05) is 0 Å². The smallest absolute Gasteiger partial charge is 0.311 e. The van der Waals surface area contributed by atoms with Crippen molar-refractivity contribution >= 4 is 39.9 Å². The average molecular weight is 468 g/mol. The molecule has 0 spiro atoms. The molecule has 0 amide bonds. The third-order valence-electron chi connectivity index (χ3n) is 5.00. The monoisotopic (exact) mass is 467 g/mol. The van der Waals surface area contributed by atoms with Gasteiger partial charge in [0.05, 0.1) is 11.6 Å². The Morgan fingerprint density at radius 2 is 1.81 bits per heavy atom. The summed E-state index contributed by atoms with van der Waals surface area (Å²) in [4.78, 5) is 17.3. The zero-order valence-electron chi connectivity index (χ0n) is 17.8. The van der Waals surface area contributed by atoms with E-state index in [9.17, 15) is 4.79 Å². The van der Waals surface area contributed by atoms with Gasteiger partial charge in [-0.05, 0) is 29.9 Å². The van der Waals surface area contributed by atoms with Gasteiger partial charge in [-0.25, -0.2) is 4.98 Å². The normalized spacial score (nSPS) is 12.6. The predicted octanol–water partition coefficient (Wildman–Crippen LogP) is 7.23. The number of hydrogen-bond donors (Lipinski definition) is 0. The van der Waals surface area contributed by atoms with Gasteiger partial charge in [0.15, 0.2) is 0 Å². The third kappa shape index (κ3) is 6.03. The zero-order chi connectivity index (χ0) is 23.1. The van der Waals surface area contributed by atoms with Gasteiger partial charge in [0.25, 0.3) is 0 Å². The second kappa shape index (κ2) is 11.0. The van der Waals surface area contributed by atoms with E-state index in [0.29, 0.717) is 23.7 Å². The van der Waals surface area contributed by atoms with Crippen LogP contribution >= 0.6 is 23.2 Å². The second-order valence-electron chi connectivity index (χ2n) is 7.54. The summed E-state index contributed by atoms with van der Waals surface area (Å²) < 4.78 is 11.7. The molecule has 1 aromatic heterocycles. The van der Waals surface area contributed by atoms with Crippen LogP contribution < -0.4 is 4.74 Å². The third-order valence-corrected chi connectivity index (χ3v) is 5.31. The van der Waals surface area contributed by atoms with Gasteiger partial charge in [-0.15, -0.1) is 6.42 Å². The second-order valence-corrected chi connectivity index (χ2v) is 8.55. The molecule has 4 nitrogen and oxygen atoms in total. The molecule has 1 heterocycles. The molecule has 3 rings (SSSR count). The summed E-state index contributed by atoms with van der Waals surface area (Å²) in [5, 5.41) is 2.02. The lowest BCUT2D eigenvalue weighted by atomic mass is 9.92. The Bertz CT molecular complexity index is 1160. The van der Waals surface area contributed by atoms with Crippen LogP contribution in [-0.4, -0.2) is 11.0 Å². The topological polar surface area (TPSA) is 48.4 Å². The highest BCUT2D eigenvalue weighted by Gasteiger charge is 2.26. The van der Waals surface area contributed by atoms with Crippen molar-refractivity contribution in [1.29, 1.82) is 0 Å². The lowest BCUT2D eigenvalue weighted by Gasteiger charge is -2.20. The van der Waals surface area contributed by atoms with Crippen molar-refractivity contribution in [1.82, 2.24) is 4.98 Å². The van der Waals surface area contributed by atoms with Crippen LogP contribution in [0, 0.1) is 24.2 Å². The summed E-state index contributed by atoms with van der Waals surface area (Å²) in [6, 6.07) is 18.9. The van der Waals surface area contributed by atoms with Crippen molar-refractivity contribution in [2.24, 2.45) is 11.8 Å². The van der Waals surface area contributed by atoms with Crippen molar-refractivity contribution in [3.8, 4) is 24.0 Å². The van der Waals surface area contributed by atoms with E-state index in [1.807, 2.05) is 56.3 Å². The van der Waals surface area contributed by atoms with E-state index in [1.54, 1.807) is 24.3 Å². The first kappa shape index (κ1) is 23.7. The van der Waals surface area contributed by atoms with Gasteiger partial charge in [-0.2, -0.15) is 0 Å². The van der Waals surface area contributed by atoms with E-state index in [-0.39, 0.29) is 10.4 Å². The minimum atomic E-state index is -0.949. The predicted molar refractivity (Wildman–Crippen MR) is 129 cm³/mol. The first-order chi connectivity index (χ1) is 15.4. The standard InChI is InChI=1S/C26H23Cl2NO3/c1-4-22(32-26(30)19(17(2)3)15-16-24(27)28)21-12-8-14-25(29-21)31-23-13-7-10-18-9-5-6-11-20(18)23/h1,5-14,16-17,19,22H,15H2,2-3H3. The number of halogens is 2. The summed E-state index contributed by atoms with van der Waals surface area (Å²) in [7, 11) is 0. The minimum Gasteiger partial charge on any atom is -0.442 e. The number of benzene rings is 2. The quantitative estimate of drug-likeness (QED) is 0.259. The first-order valence-electron chi connectivity index (χ1n) is 10.2. The molecular formula is C26H23Cl2NO3. The number of allylic oxidation sites excluding steroid dienone is 1. The molecule has 0 N–H and O–H groups in total. The highest BCUT2D eigenvalue weighted by Crippen LogP contribution is 2.30. The Balaban J connectivity index is 1.80. The number of nitrogens with zero attached hydrogens (tertiary/aromatic N) is 1. The van der Waals surface area contributed by atoms with Gasteiger partial charge >= 0.3 is 5.97 Å². The number of terminal acetylenes is 1. The maximum atomic E-state index is 12.8. The van der Waals surface area contributed by atoms with Gasteiger partial charge in [0.2, 0.25) is 12.0 Å². The molecule has 0 fully saturated rings. The molecule has 0 saturated heterocycles. The van der Waals surface area contributed by atoms with Gasteiger partial charge in [0.1, 0.15) is 10.2 Å². The Labute approximate surface area is 198 Å². The fraction of sp³-hybridized carbons (Fsp3) is 0.231. The number of esters is 1. The number of pyridine rings is 1. The van der Waals surface area contributed by atoms with Crippen LogP contribution in [0.4, 0.5) is 0 Å². The first-order valence-corrected chi connectivity index (χ1v) is 10.9. The molecule has 0 saturated carbocycles. The lowest BCUT2D eigenvalue weighted by Crippen LogP contribution is -2.24. The average Bonchev–Trinajstić information content (AvgIpc) is 2.77. The Morgan fingerprint density at radius 3 is 2.53 bits per heavy atom. The maximum absolute atomic E-state index is 12.8. The fourth-order valence-corrected chi connectivity index (χ4v) is 3.45. The van der Waals surface area contributed by atoms with Crippen LogP contribution in [0.2, 0.25) is 0 Å². The van der Waals surface area contributed by atoms with Crippen LogP contribution in [0.3, 0.4) is 0 Å². The van der Waals surface area contributed by atoms with Crippen LogP contribution in [-0.2, 0) is 9.53 Å². The molecule has 0 bridgehead atoms. The maximum Gasteiger partial charge on any atom is 0.311 e. The van der Waals surface area contributed by atoms with E-state index < -0.39 is 18.0 Å². The van der Waals surface area contributed by atoms with Crippen LogP contribution in [0.15, 0.2) is 71.2 Å². The van der Waals surface area contributed by atoms with Gasteiger partial charge in [-0.3, -0.25) is 4.79 Å². The molecule has 0 aliphatic heterocycles. The molecule has 164 valence electrons. The summed E-state index contributed by atoms with van der Waals surface area (Å²) >= 11 is 11.4. The number of carbonyl (C=O) groups excluding carboxylic acids is 1. The van der Waals surface area contributed by atoms with Crippen LogP contribution in [0.1, 0.15) is 32.1 Å². The molecule has 0 radical (unpaired) electrons. The molecule has 0 aliphatic carbocycles. The van der Waals surface area contributed by atoms with Crippen molar-refractivity contribution in [3.05, 3.63) is 76.9 Å². The SMILES string of the molecule is C#CC(OC(=O)C(CC=C(Cl)Cl)C(C)C)c1cccc(Oc2cccc3ccccc23)n1. The van der Waals surface area contributed by atoms with E-state index in [4.69, 9.17) is 39.1 Å². The number of ether oxygens (including phenoxy) is 2. The van der Waals surface area contributed by atoms with Gasteiger partial charge in [-0.1, -0.05) is 91.5 Å². The molecule has 32 heavy (non-hydrogen) atoms. The van der Waals surface area contributed by atoms with Crippen molar-refractivity contribution in [2.45, 2.75) is 26.4 Å². The minimum absolute atomic E-state index is 0.0128. The Hall–Kier alpha value is -3.00. The van der Waals surface area contributed by atoms with E-state index in [2.05, 4.69) is 10.9 Å². The summed E-state index contributed by atoms with van der Waals surface area (Å²) in [5.41, 5.74) is 0.409. The summed E-state index contributed by atoms with van der Waals surface area (Å²) in [6.45, 7) is 3.84.